The van der Waals surface area contributed by atoms with Crippen LogP contribution >= 0.6 is 11.6 Å². The van der Waals surface area contributed by atoms with Gasteiger partial charge in [0.05, 0.1) is 5.56 Å². The zero-order valence-corrected chi connectivity index (χ0v) is 15.1. The minimum absolute atomic E-state index is 0.314. The van der Waals surface area contributed by atoms with Gasteiger partial charge < -0.3 is 15.2 Å². The highest BCUT2D eigenvalue weighted by Gasteiger charge is 2.11. The van der Waals surface area contributed by atoms with Gasteiger partial charge in [0.2, 0.25) is 0 Å². The van der Waals surface area contributed by atoms with Gasteiger partial charge in [0.25, 0.3) is 0 Å². The third-order valence-electron chi connectivity index (χ3n) is 4.14. The van der Waals surface area contributed by atoms with Crippen molar-refractivity contribution in [1.29, 1.82) is 0 Å². The molecule has 0 saturated heterocycles. The Morgan fingerprint density at radius 1 is 1.24 bits per heavy atom. The number of benzene rings is 2. The van der Waals surface area contributed by atoms with E-state index in [0.717, 1.165) is 36.6 Å². The van der Waals surface area contributed by atoms with E-state index in [4.69, 9.17) is 21.4 Å². The average Bonchev–Trinajstić information content (AvgIpc) is 2.61. The van der Waals surface area contributed by atoms with Gasteiger partial charge >= 0.3 is 5.97 Å². The van der Waals surface area contributed by atoms with E-state index >= 15 is 0 Å². The lowest BCUT2D eigenvalue weighted by molar-refractivity contribution is 0.0696. The minimum atomic E-state index is -0.902. The smallest absolute Gasteiger partial charge is 0.335 e. The highest BCUT2D eigenvalue weighted by molar-refractivity contribution is 6.30. The molecule has 1 atom stereocenters. The molecular weight excluding hydrogens is 338 g/mol. The van der Waals surface area contributed by atoms with E-state index in [-0.39, 0.29) is 0 Å². The van der Waals surface area contributed by atoms with Gasteiger partial charge in [-0.05, 0) is 54.2 Å². The molecule has 0 bridgehead atoms. The van der Waals surface area contributed by atoms with Crippen molar-refractivity contribution in [2.24, 2.45) is 0 Å². The molecule has 2 aromatic rings. The molecule has 5 heteroatoms. The summed E-state index contributed by atoms with van der Waals surface area (Å²) >= 11 is 5.98. The maximum absolute atomic E-state index is 11.1. The Labute approximate surface area is 153 Å². The predicted molar refractivity (Wildman–Crippen MR) is 100 cm³/mol. The van der Waals surface area contributed by atoms with Crippen LogP contribution in [0, 0.1) is 0 Å². The standard InChI is InChI=1S/C20H24ClNO3/c1-25-11-3-6-18(16-7-9-19(21)10-8-16)14-22-13-15-4-2-5-17(12-15)20(23)24/h2,4-5,7-10,12,18,22H,3,6,11,13-14H2,1H3,(H,23,24). The molecule has 1 unspecified atom stereocenters. The fourth-order valence-electron chi connectivity index (χ4n) is 2.80. The van der Waals surface area contributed by atoms with Gasteiger partial charge in [0.15, 0.2) is 0 Å². The van der Waals surface area contributed by atoms with E-state index in [1.165, 1.54) is 5.56 Å². The molecule has 2 rings (SSSR count). The van der Waals surface area contributed by atoms with E-state index in [1.54, 1.807) is 25.3 Å². The van der Waals surface area contributed by atoms with Gasteiger partial charge in [-0.25, -0.2) is 4.79 Å². The Morgan fingerprint density at radius 2 is 2.00 bits per heavy atom. The van der Waals surface area contributed by atoms with Crippen LogP contribution in [0.1, 0.15) is 40.2 Å². The second-order valence-electron chi connectivity index (χ2n) is 6.02. The summed E-state index contributed by atoms with van der Waals surface area (Å²) in [5.74, 6) is -0.546. The highest BCUT2D eigenvalue weighted by Crippen LogP contribution is 2.22. The SMILES string of the molecule is COCCCC(CNCc1cccc(C(=O)O)c1)c1ccc(Cl)cc1. The molecule has 0 spiro atoms. The second-order valence-corrected chi connectivity index (χ2v) is 6.46. The third-order valence-corrected chi connectivity index (χ3v) is 4.39. The van der Waals surface area contributed by atoms with Gasteiger partial charge in [-0.15, -0.1) is 0 Å². The van der Waals surface area contributed by atoms with Crippen LogP contribution in [0.3, 0.4) is 0 Å². The molecule has 0 radical (unpaired) electrons. The quantitative estimate of drug-likeness (QED) is 0.618. The number of halogens is 1. The van der Waals surface area contributed by atoms with Crippen LogP contribution in [0.5, 0.6) is 0 Å². The Balaban J connectivity index is 1.95. The zero-order chi connectivity index (χ0) is 18.1. The summed E-state index contributed by atoms with van der Waals surface area (Å²) in [5.41, 5.74) is 2.52. The molecule has 0 aliphatic rings. The number of ether oxygens (including phenoxy) is 1. The summed E-state index contributed by atoms with van der Waals surface area (Å²) in [5, 5.41) is 13.2. The normalized spacial score (nSPS) is 12.1. The Kier molecular flexibility index (Phi) is 7.92. The summed E-state index contributed by atoms with van der Waals surface area (Å²) in [6.45, 7) is 2.18. The topological polar surface area (TPSA) is 58.6 Å². The molecule has 0 aromatic heterocycles. The fourth-order valence-corrected chi connectivity index (χ4v) is 2.93. The molecular formula is C20H24ClNO3. The molecule has 0 heterocycles. The number of rotatable bonds is 10. The van der Waals surface area contributed by atoms with Gasteiger partial charge in [-0.2, -0.15) is 0 Å². The Bertz CT molecular complexity index is 673. The van der Waals surface area contributed by atoms with Gasteiger partial charge in [0.1, 0.15) is 0 Å². The van der Waals surface area contributed by atoms with Gasteiger partial charge in [-0.3, -0.25) is 0 Å². The first kappa shape index (κ1) is 19.4. The van der Waals surface area contributed by atoms with Crippen molar-refractivity contribution < 1.29 is 14.6 Å². The molecule has 0 fully saturated rings. The first-order chi connectivity index (χ1) is 12.1. The van der Waals surface area contributed by atoms with Crippen LogP contribution in [-0.2, 0) is 11.3 Å². The maximum atomic E-state index is 11.1. The molecule has 2 N–H and O–H groups in total. The van der Waals surface area contributed by atoms with Crippen molar-refractivity contribution >= 4 is 17.6 Å². The molecule has 134 valence electrons. The van der Waals surface area contributed by atoms with Gasteiger partial charge in [0, 0.05) is 31.8 Å². The van der Waals surface area contributed by atoms with E-state index in [0.29, 0.717) is 18.0 Å². The van der Waals surface area contributed by atoms with Crippen LogP contribution in [0.25, 0.3) is 0 Å². The summed E-state index contributed by atoms with van der Waals surface area (Å²) in [4.78, 5) is 11.1. The van der Waals surface area contributed by atoms with Crippen LogP contribution in [-0.4, -0.2) is 31.3 Å². The van der Waals surface area contributed by atoms with Crippen molar-refractivity contribution in [1.82, 2.24) is 5.32 Å². The first-order valence-corrected chi connectivity index (χ1v) is 8.75. The average molecular weight is 362 g/mol. The Hall–Kier alpha value is -1.88. The molecule has 0 aliphatic heterocycles. The van der Waals surface area contributed by atoms with Crippen molar-refractivity contribution in [3.05, 3.63) is 70.2 Å². The summed E-state index contributed by atoms with van der Waals surface area (Å²) in [6, 6.07) is 15.0. The number of hydrogen-bond donors (Lipinski definition) is 2. The summed E-state index contributed by atoms with van der Waals surface area (Å²) in [6.07, 6.45) is 2.00. The summed E-state index contributed by atoms with van der Waals surface area (Å²) < 4.78 is 5.16. The molecule has 0 saturated carbocycles. The maximum Gasteiger partial charge on any atom is 0.335 e. The highest BCUT2D eigenvalue weighted by atomic mass is 35.5. The number of aromatic carboxylic acids is 1. The van der Waals surface area contributed by atoms with Crippen LogP contribution in [0.4, 0.5) is 0 Å². The van der Waals surface area contributed by atoms with E-state index in [1.807, 2.05) is 18.2 Å². The van der Waals surface area contributed by atoms with Crippen LogP contribution < -0.4 is 5.32 Å². The predicted octanol–water partition coefficient (Wildman–Crippen LogP) is 4.34. The number of carboxylic acid groups (broad SMARTS) is 1. The lowest BCUT2D eigenvalue weighted by atomic mass is 9.94. The fraction of sp³-hybridized carbons (Fsp3) is 0.350. The van der Waals surface area contributed by atoms with E-state index in [9.17, 15) is 4.79 Å². The molecule has 2 aromatic carbocycles. The number of hydrogen-bond acceptors (Lipinski definition) is 3. The van der Waals surface area contributed by atoms with Crippen LogP contribution in [0.2, 0.25) is 5.02 Å². The largest absolute Gasteiger partial charge is 0.478 e. The second kappa shape index (κ2) is 10.2. The molecule has 4 nitrogen and oxygen atoms in total. The van der Waals surface area contributed by atoms with E-state index < -0.39 is 5.97 Å². The van der Waals surface area contributed by atoms with E-state index in [2.05, 4.69) is 17.4 Å². The number of nitrogens with one attached hydrogen (secondary N) is 1. The Morgan fingerprint density at radius 3 is 2.68 bits per heavy atom. The van der Waals surface area contributed by atoms with Crippen molar-refractivity contribution in [2.45, 2.75) is 25.3 Å². The molecule has 0 amide bonds. The number of carbonyl (C=O) groups is 1. The summed E-state index contributed by atoms with van der Waals surface area (Å²) in [7, 11) is 1.71. The van der Waals surface area contributed by atoms with Crippen molar-refractivity contribution in [3.63, 3.8) is 0 Å². The zero-order valence-electron chi connectivity index (χ0n) is 14.4. The monoisotopic (exact) mass is 361 g/mol. The lowest BCUT2D eigenvalue weighted by Crippen LogP contribution is -2.22. The lowest BCUT2D eigenvalue weighted by Gasteiger charge is -2.18. The van der Waals surface area contributed by atoms with Crippen molar-refractivity contribution in [2.75, 3.05) is 20.3 Å². The number of methoxy groups -OCH3 is 1. The minimum Gasteiger partial charge on any atom is -0.478 e. The molecule has 0 aliphatic carbocycles. The molecule has 25 heavy (non-hydrogen) atoms. The first-order valence-electron chi connectivity index (χ1n) is 8.37. The van der Waals surface area contributed by atoms with Crippen LogP contribution in [0.15, 0.2) is 48.5 Å². The number of carboxylic acids is 1. The van der Waals surface area contributed by atoms with Gasteiger partial charge in [-0.1, -0.05) is 35.9 Å². The third kappa shape index (κ3) is 6.50. The van der Waals surface area contributed by atoms with Crippen molar-refractivity contribution in [3.8, 4) is 0 Å².